The van der Waals surface area contributed by atoms with E-state index in [1.165, 1.54) is 17.3 Å². The summed E-state index contributed by atoms with van der Waals surface area (Å²) in [4.78, 5) is 13.1. The Morgan fingerprint density at radius 1 is 1.61 bits per heavy atom. The van der Waals surface area contributed by atoms with Crippen LogP contribution in [-0.2, 0) is 10.0 Å². The van der Waals surface area contributed by atoms with Gasteiger partial charge >= 0.3 is 6.03 Å². The van der Waals surface area contributed by atoms with Crippen LogP contribution in [-0.4, -0.2) is 55.0 Å². The molecule has 0 fully saturated rings. The summed E-state index contributed by atoms with van der Waals surface area (Å²) < 4.78 is 25.8. The molecule has 1 aromatic rings. The molecule has 0 bridgehead atoms. The Labute approximate surface area is 111 Å². The van der Waals surface area contributed by atoms with Crippen LogP contribution in [0.25, 0.3) is 0 Å². The number of hydrogen-bond donors (Lipinski definition) is 1. The number of aromatic nitrogens is 2. The Morgan fingerprint density at radius 2 is 2.28 bits per heavy atom. The first-order valence-corrected chi connectivity index (χ1v) is 7.31. The van der Waals surface area contributed by atoms with Gasteiger partial charge in [-0.3, -0.25) is 0 Å². The molecule has 1 amide bonds. The van der Waals surface area contributed by atoms with Crippen molar-refractivity contribution in [1.29, 1.82) is 0 Å². The van der Waals surface area contributed by atoms with Crippen LogP contribution >= 0.6 is 11.6 Å². The van der Waals surface area contributed by atoms with E-state index in [-0.39, 0.29) is 24.9 Å². The zero-order chi connectivity index (χ0) is 13.8. The van der Waals surface area contributed by atoms with Gasteiger partial charge in [0.25, 0.3) is 0 Å². The second-order valence-electron chi connectivity index (χ2n) is 3.61. The number of carbonyl (C=O) groups is 1. The van der Waals surface area contributed by atoms with Crippen LogP contribution in [0.4, 0.5) is 4.79 Å². The van der Waals surface area contributed by atoms with Crippen LogP contribution in [0.15, 0.2) is 12.4 Å². The maximum Gasteiger partial charge on any atom is 0.344 e. The van der Waals surface area contributed by atoms with Crippen molar-refractivity contribution < 1.29 is 13.2 Å². The van der Waals surface area contributed by atoms with Gasteiger partial charge < -0.3 is 4.90 Å². The summed E-state index contributed by atoms with van der Waals surface area (Å²) in [6, 6.07) is -0.377. The molecule has 1 aromatic heterocycles. The number of halogens is 1. The standard InChI is InChI=1S/C9H15ClN4O3S/c1-3-18(16,17)12-4-5-13(2)9(15)14-7-8(10)6-11-14/h6-7,12H,3-5H2,1-2H3. The van der Waals surface area contributed by atoms with Crippen molar-refractivity contribution in [3.8, 4) is 0 Å². The molecule has 0 aliphatic carbocycles. The van der Waals surface area contributed by atoms with E-state index in [0.717, 1.165) is 4.68 Å². The predicted octanol–water partition coefficient (Wildman–Crippen LogP) is 0.376. The van der Waals surface area contributed by atoms with Crippen LogP contribution in [0, 0.1) is 0 Å². The summed E-state index contributed by atoms with van der Waals surface area (Å²) in [7, 11) is -1.68. The van der Waals surface area contributed by atoms with E-state index in [4.69, 9.17) is 11.6 Å². The molecule has 0 spiro atoms. The van der Waals surface area contributed by atoms with E-state index in [2.05, 4.69) is 9.82 Å². The number of amides is 1. The first kappa shape index (κ1) is 14.9. The SMILES string of the molecule is CCS(=O)(=O)NCCN(C)C(=O)n1cc(Cl)cn1. The molecule has 7 nitrogen and oxygen atoms in total. The Kier molecular flexibility index (Phi) is 5.12. The molecule has 0 aromatic carbocycles. The van der Waals surface area contributed by atoms with E-state index in [1.807, 2.05) is 0 Å². The first-order valence-electron chi connectivity index (χ1n) is 5.28. The Morgan fingerprint density at radius 3 is 2.78 bits per heavy atom. The van der Waals surface area contributed by atoms with Gasteiger partial charge in [-0.05, 0) is 6.92 Å². The molecule has 0 radical (unpaired) electrons. The molecule has 0 atom stereocenters. The highest BCUT2D eigenvalue weighted by Gasteiger charge is 2.13. The third kappa shape index (κ3) is 4.28. The number of likely N-dealkylation sites (N-methyl/N-ethyl adjacent to an activating group) is 1. The van der Waals surface area contributed by atoms with Crippen LogP contribution in [0.1, 0.15) is 6.92 Å². The lowest BCUT2D eigenvalue weighted by Gasteiger charge is -2.16. The highest BCUT2D eigenvalue weighted by molar-refractivity contribution is 7.89. The number of nitrogens with zero attached hydrogens (tertiary/aromatic N) is 3. The van der Waals surface area contributed by atoms with Crippen molar-refractivity contribution in [3.05, 3.63) is 17.4 Å². The maximum absolute atomic E-state index is 11.8. The number of nitrogens with one attached hydrogen (secondary N) is 1. The zero-order valence-corrected chi connectivity index (χ0v) is 11.7. The van der Waals surface area contributed by atoms with E-state index in [0.29, 0.717) is 5.02 Å². The topological polar surface area (TPSA) is 84.3 Å². The average molecular weight is 295 g/mol. The first-order chi connectivity index (χ1) is 8.35. The van der Waals surface area contributed by atoms with Gasteiger partial charge in [0.05, 0.1) is 23.2 Å². The molecule has 18 heavy (non-hydrogen) atoms. The van der Waals surface area contributed by atoms with Gasteiger partial charge in [0.2, 0.25) is 10.0 Å². The second-order valence-corrected chi connectivity index (χ2v) is 6.14. The van der Waals surface area contributed by atoms with E-state index >= 15 is 0 Å². The number of hydrogen-bond acceptors (Lipinski definition) is 4. The lowest BCUT2D eigenvalue weighted by Crippen LogP contribution is -2.38. The fraction of sp³-hybridized carbons (Fsp3) is 0.556. The molecule has 1 heterocycles. The van der Waals surface area contributed by atoms with Crippen LogP contribution < -0.4 is 4.72 Å². The average Bonchev–Trinajstić information content (AvgIpc) is 2.74. The largest absolute Gasteiger partial charge is 0.344 e. The summed E-state index contributed by atoms with van der Waals surface area (Å²) in [5.41, 5.74) is 0. The van der Waals surface area contributed by atoms with Crippen LogP contribution in [0.2, 0.25) is 5.02 Å². The summed E-state index contributed by atoms with van der Waals surface area (Å²) in [6.45, 7) is 1.95. The number of rotatable bonds is 5. The smallest absolute Gasteiger partial charge is 0.325 e. The fourth-order valence-corrected chi connectivity index (χ4v) is 1.89. The van der Waals surface area contributed by atoms with Crippen LogP contribution in [0.3, 0.4) is 0 Å². The van der Waals surface area contributed by atoms with Crippen molar-refractivity contribution in [2.24, 2.45) is 0 Å². The summed E-state index contributed by atoms with van der Waals surface area (Å²) in [6.07, 6.45) is 2.74. The van der Waals surface area contributed by atoms with E-state index in [1.54, 1.807) is 14.0 Å². The lowest BCUT2D eigenvalue weighted by molar-refractivity contribution is 0.208. The lowest BCUT2D eigenvalue weighted by atomic mass is 10.6. The van der Waals surface area contributed by atoms with Gasteiger partial charge in [-0.2, -0.15) is 9.78 Å². The minimum atomic E-state index is -3.23. The molecule has 0 saturated heterocycles. The van der Waals surface area contributed by atoms with Crippen LogP contribution in [0.5, 0.6) is 0 Å². The van der Waals surface area contributed by atoms with Gasteiger partial charge in [0.15, 0.2) is 0 Å². The van der Waals surface area contributed by atoms with Gasteiger partial charge in [0.1, 0.15) is 0 Å². The normalized spacial score (nSPS) is 11.5. The molecular weight excluding hydrogens is 280 g/mol. The summed E-state index contributed by atoms with van der Waals surface area (Å²) in [5, 5.41) is 4.13. The van der Waals surface area contributed by atoms with Crippen molar-refractivity contribution in [2.75, 3.05) is 25.9 Å². The van der Waals surface area contributed by atoms with Gasteiger partial charge in [-0.15, -0.1) is 0 Å². The molecule has 9 heteroatoms. The molecule has 102 valence electrons. The maximum atomic E-state index is 11.8. The molecular formula is C9H15ClN4O3S. The summed E-state index contributed by atoms with van der Waals surface area (Å²) in [5.74, 6) is 0.0133. The van der Waals surface area contributed by atoms with Crippen molar-refractivity contribution in [1.82, 2.24) is 19.4 Å². The highest BCUT2D eigenvalue weighted by atomic mass is 35.5. The highest BCUT2D eigenvalue weighted by Crippen LogP contribution is 2.05. The quantitative estimate of drug-likeness (QED) is 0.850. The van der Waals surface area contributed by atoms with Crippen molar-refractivity contribution >= 4 is 27.7 Å². The monoisotopic (exact) mass is 294 g/mol. The number of carbonyl (C=O) groups excluding carboxylic acids is 1. The fourth-order valence-electron chi connectivity index (χ4n) is 1.15. The summed E-state index contributed by atoms with van der Waals surface area (Å²) >= 11 is 5.65. The molecule has 1 N–H and O–H groups in total. The molecule has 0 aliphatic rings. The third-order valence-electron chi connectivity index (χ3n) is 2.22. The van der Waals surface area contributed by atoms with E-state index in [9.17, 15) is 13.2 Å². The Bertz CT molecular complexity index is 514. The Hall–Kier alpha value is -1.12. The third-order valence-corrected chi connectivity index (χ3v) is 3.82. The van der Waals surface area contributed by atoms with Crippen molar-refractivity contribution in [3.63, 3.8) is 0 Å². The molecule has 0 unspecified atom stereocenters. The van der Waals surface area contributed by atoms with Gasteiger partial charge in [0, 0.05) is 20.1 Å². The molecule has 1 rings (SSSR count). The minimum absolute atomic E-state index is 0.0133. The number of sulfonamides is 1. The molecule has 0 aliphatic heterocycles. The predicted molar refractivity (Wildman–Crippen MR) is 68.1 cm³/mol. The molecule has 0 saturated carbocycles. The van der Waals surface area contributed by atoms with Gasteiger partial charge in [-0.1, -0.05) is 11.6 Å². The van der Waals surface area contributed by atoms with Gasteiger partial charge in [-0.25, -0.2) is 17.9 Å². The Balaban J connectivity index is 2.46. The van der Waals surface area contributed by atoms with E-state index < -0.39 is 10.0 Å². The van der Waals surface area contributed by atoms with Crippen molar-refractivity contribution in [2.45, 2.75) is 6.92 Å². The second kappa shape index (κ2) is 6.17. The minimum Gasteiger partial charge on any atom is -0.325 e. The zero-order valence-electron chi connectivity index (χ0n) is 10.1.